The first kappa shape index (κ1) is 15.3. The topological polar surface area (TPSA) is 75.5 Å². The van der Waals surface area contributed by atoms with Gasteiger partial charge in [0, 0.05) is 37.5 Å². The molecule has 0 spiro atoms. The van der Waals surface area contributed by atoms with E-state index in [0.29, 0.717) is 30.3 Å². The van der Waals surface area contributed by atoms with Crippen molar-refractivity contribution in [2.45, 2.75) is 26.7 Å². The lowest BCUT2D eigenvalue weighted by molar-refractivity contribution is -0.384. The van der Waals surface area contributed by atoms with E-state index in [4.69, 9.17) is 0 Å². The zero-order valence-electron chi connectivity index (χ0n) is 12.5. The van der Waals surface area contributed by atoms with Crippen LogP contribution in [0.15, 0.2) is 18.2 Å². The summed E-state index contributed by atoms with van der Waals surface area (Å²) in [6, 6.07) is 4.41. The first-order valence-corrected chi connectivity index (χ1v) is 7.34. The normalized spacial score (nSPS) is 18.4. The first-order valence-electron chi connectivity index (χ1n) is 7.34. The van der Waals surface area contributed by atoms with Crippen molar-refractivity contribution >= 4 is 17.3 Å². The van der Waals surface area contributed by atoms with Gasteiger partial charge in [0.25, 0.3) is 11.6 Å². The number of rotatable bonds is 4. The zero-order chi connectivity index (χ0) is 15.4. The van der Waals surface area contributed by atoms with Gasteiger partial charge in [-0.1, -0.05) is 6.92 Å². The van der Waals surface area contributed by atoms with Crippen molar-refractivity contribution in [1.82, 2.24) is 4.90 Å². The number of hydrogen-bond acceptors (Lipinski definition) is 4. The van der Waals surface area contributed by atoms with Gasteiger partial charge in [-0.15, -0.1) is 0 Å². The van der Waals surface area contributed by atoms with Gasteiger partial charge in [-0.2, -0.15) is 0 Å². The van der Waals surface area contributed by atoms with Crippen molar-refractivity contribution in [3.05, 3.63) is 33.9 Å². The summed E-state index contributed by atoms with van der Waals surface area (Å²) < 4.78 is 0. The Hall–Kier alpha value is -2.11. The second kappa shape index (κ2) is 6.56. The quantitative estimate of drug-likeness (QED) is 0.683. The van der Waals surface area contributed by atoms with Crippen LogP contribution in [0.2, 0.25) is 0 Å². The van der Waals surface area contributed by atoms with Crippen LogP contribution in [0.5, 0.6) is 0 Å². The van der Waals surface area contributed by atoms with E-state index < -0.39 is 4.92 Å². The molecule has 1 N–H and O–H groups in total. The maximum Gasteiger partial charge on any atom is 0.270 e. The van der Waals surface area contributed by atoms with Crippen LogP contribution in [0.25, 0.3) is 0 Å². The lowest BCUT2D eigenvalue weighted by atomic mass is 9.99. The third-order valence-electron chi connectivity index (χ3n) is 3.76. The minimum atomic E-state index is -0.467. The van der Waals surface area contributed by atoms with Gasteiger partial charge in [0.15, 0.2) is 0 Å². The van der Waals surface area contributed by atoms with Gasteiger partial charge in [-0.05, 0) is 31.7 Å². The van der Waals surface area contributed by atoms with Crippen molar-refractivity contribution in [1.29, 1.82) is 0 Å². The minimum Gasteiger partial charge on any atom is -0.385 e. The van der Waals surface area contributed by atoms with E-state index in [1.54, 1.807) is 11.0 Å². The molecule has 1 aliphatic heterocycles. The summed E-state index contributed by atoms with van der Waals surface area (Å²) in [4.78, 5) is 24.9. The molecule has 0 saturated carbocycles. The highest BCUT2D eigenvalue weighted by molar-refractivity contribution is 6.00. The Bertz CT molecular complexity index is 545. The summed E-state index contributed by atoms with van der Waals surface area (Å²) in [7, 11) is 0. The molecule has 6 heteroatoms. The molecule has 0 aromatic heterocycles. The second-order valence-electron chi connectivity index (χ2n) is 5.52. The van der Waals surface area contributed by atoms with Crippen LogP contribution in [-0.2, 0) is 0 Å². The predicted octanol–water partition coefficient (Wildman–Crippen LogP) is 2.90. The van der Waals surface area contributed by atoms with Gasteiger partial charge < -0.3 is 10.2 Å². The van der Waals surface area contributed by atoms with E-state index >= 15 is 0 Å². The lowest BCUT2D eigenvalue weighted by Crippen LogP contribution is -2.39. The lowest BCUT2D eigenvalue weighted by Gasteiger charge is -2.31. The molecule has 2 rings (SSSR count). The number of anilines is 1. The van der Waals surface area contributed by atoms with Gasteiger partial charge in [-0.3, -0.25) is 14.9 Å². The van der Waals surface area contributed by atoms with E-state index in [1.165, 1.54) is 12.1 Å². The highest BCUT2D eigenvalue weighted by Crippen LogP contribution is 2.25. The summed E-state index contributed by atoms with van der Waals surface area (Å²) in [5, 5.41) is 14.0. The molecule has 0 aliphatic carbocycles. The van der Waals surface area contributed by atoms with Gasteiger partial charge in [-0.25, -0.2) is 0 Å². The maximum absolute atomic E-state index is 12.7. The number of nitrogens with zero attached hydrogens (tertiary/aromatic N) is 2. The summed E-state index contributed by atoms with van der Waals surface area (Å²) in [5.74, 6) is 0.352. The Balaban J connectivity index is 2.32. The molecule has 1 heterocycles. The van der Waals surface area contributed by atoms with Gasteiger partial charge >= 0.3 is 0 Å². The molecule has 1 fully saturated rings. The largest absolute Gasteiger partial charge is 0.385 e. The molecule has 1 unspecified atom stereocenters. The summed E-state index contributed by atoms with van der Waals surface area (Å²) in [6.07, 6.45) is 2.11. The number of carbonyl (C=O) groups excluding carboxylic acids is 1. The molecular weight excluding hydrogens is 270 g/mol. The van der Waals surface area contributed by atoms with E-state index in [0.717, 1.165) is 19.4 Å². The first-order chi connectivity index (χ1) is 10.0. The van der Waals surface area contributed by atoms with Crippen LogP contribution in [0, 0.1) is 16.0 Å². The number of nitro benzene ring substituents is 1. The van der Waals surface area contributed by atoms with Crippen LogP contribution < -0.4 is 5.32 Å². The number of benzene rings is 1. The highest BCUT2D eigenvalue weighted by Gasteiger charge is 2.25. The molecule has 21 heavy (non-hydrogen) atoms. The zero-order valence-corrected chi connectivity index (χ0v) is 12.5. The average Bonchev–Trinajstić information content (AvgIpc) is 2.47. The fourth-order valence-corrected chi connectivity index (χ4v) is 2.71. The third kappa shape index (κ3) is 3.51. The van der Waals surface area contributed by atoms with E-state index in [9.17, 15) is 14.9 Å². The second-order valence-corrected chi connectivity index (χ2v) is 5.52. The average molecular weight is 291 g/mol. The van der Waals surface area contributed by atoms with Crippen LogP contribution in [0.3, 0.4) is 0 Å². The monoisotopic (exact) mass is 291 g/mol. The summed E-state index contributed by atoms with van der Waals surface area (Å²) in [6.45, 7) is 6.15. The van der Waals surface area contributed by atoms with Crippen LogP contribution in [0.4, 0.5) is 11.4 Å². The molecule has 1 amide bonds. The third-order valence-corrected chi connectivity index (χ3v) is 3.76. The summed E-state index contributed by atoms with van der Waals surface area (Å²) >= 11 is 0. The number of piperidine rings is 1. The van der Waals surface area contributed by atoms with E-state index in [1.807, 2.05) is 6.92 Å². The van der Waals surface area contributed by atoms with Crippen molar-refractivity contribution in [2.75, 3.05) is 25.0 Å². The van der Waals surface area contributed by atoms with Crippen LogP contribution in [0.1, 0.15) is 37.0 Å². The van der Waals surface area contributed by atoms with Crippen LogP contribution in [-0.4, -0.2) is 35.4 Å². The van der Waals surface area contributed by atoms with Gasteiger partial charge in [0.2, 0.25) is 0 Å². The molecule has 6 nitrogen and oxygen atoms in total. The number of amides is 1. The van der Waals surface area contributed by atoms with Crippen molar-refractivity contribution in [3.63, 3.8) is 0 Å². The van der Waals surface area contributed by atoms with E-state index in [-0.39, 0.29) is 11.6 Å². The Kier molecular flexibility index (Phi) is 4.77. The molecule has 1 aliphatic rings. The van der Waals surface area contributed by atoms with Crippen molar-refractivity contribution in [2.24, 2.45) is 5.92 Å². The Morgan fingerprint density at radius 1 is 1.52 bits per heavy atom. The minimum absolute atomic E-state index is 0.0509. The number of nitrogens with one attached hydrogen (secondary N) is 1. The highest BCUT2D eigenvalue weighted by atomic mass is 16.6. The number of carbonyl (C=O) groups is 1. The molecule has 1 aromatic rings. The Morgan fingerprint density at radius 2 is 2.29 bits per heavy atom. The molecular formula is C15H21N3O3. The molecule has 1 aromatic carbocycles. The standard InChI is InChI=1S/C15H21N3O3/c1-3-16-14-7-6-12(18(20)21)9-13(14)15(19)17-8-4-5-11(2)10-17/h6-7,9,11,16H,3-5,8,10H2,1-2H3. The number of nitro groups is 1. The Morgan fingerprint density at radius 3 is 2.90 bits per heavy atom. The predicted molar refractivity (Wildman–Crippen MR) is 81.6 cm³/mol. The van der Waals surface area contributed by atoms with Crippen molar-refractivity contribution < 1.29 is 9.72 Å². The molecule has 0 bridgehead atoms. The smallest absolute Gasteiger partial charge is 0.270 e. The summed E-state index contributed by atoms with van der Waals surface area (Å²) in [5.41, 5.74) is 0.997. The molecule has 1 atom stereocenters. The number of likely N-dealkylation sites (tertiary alicyclic amines) is 1. The van der Waals surface area contributed by atoms with Gasteiger partial charge in [0.1, 0.15) is 0 Å². The van der Waals surface area contributed by atoms with Gasteiger partial charge in [0.05, 0.1) is 10.5 Å². The maximum atomic E-state index is 12.7. The fraction of sp³-hybridized carbons (Fsp3) is 0.533. The number of hydrogen-bond donors (Lipinski definition) is 1. The Labute approximate surface area is 124 Å². The van der Waals surface area contributed by atoms with E-state index in [2.05, 4.69) is 12.2 Å². The number of non-ortho nitro benzene ring substituents is 1. The SMILES string of the molecule is CCNc1ccc([N+](=O)[O-])cc1C(=O)N1CCCC(C)C1. The molecule has 1 saturated heterocycles. The fourth-order valence-electron chi connectivity index (χ4n) is 2.71. The molecule has 0 radical (unpaired) electrons. The molecule has 114 valence electrons. The van der Waals surface area contributed by atoms with Crippen LogP contribution >= 0.6 is 0 Å². The van der Waals surface area contributed by atoms with Crippen molar-refractivity contribution in [3.8, 4) is 0 Å².